The molecule has 2 aromatic carbocycles. The zero-order valence-electron chi connectivity index (χ0n) is 16.8. The van der Waals surface area contributed by atoms with E-state index in [0.29, 0.717) is 24.7 Å². The fraction of sp³-hybridized carbons (Fsp3) is 0.227. The van der Waals surface area contributed by atoms with E-state index in [1.54, 1.807) is 7.05 Å². The number of amides is 1. The van der Waals surface area contributed by atoms with Crippen LogP contribution in [0.5, 0.6) is 0 Å². The van der Waals surface area contributed by atoms with Crippen molar-refractivity contribution in [3.05, 3.63) is 69.8 Å². The second kappa shape index (κ2) is 7.91. The lowest BCUT2D eigenvalue weighted by Crippen LogP contribution is -2.29. The number of hydrogen-bond acceptors (Lipinski definition) is 4. The van der Waals surface area contributed by atoms with Crippen LogP contribution in [0.1, 0.15) is 27.3 Å². The van der Waals surface area contributed by atoms with E-state index in [-0.39, 0.29) is 16.5 Å². The molecule has 0 spiro atoms. The number of nitrogens with one attached hydrogen (secondary N) is 1. The van der Waals surface area contributed by atoms with Crippen LogP contribution in [0.25, 0.3) is 22.5 Å². The van der Waals surface area contributed by atoms with Gasteiger partial charge >= 0.3 is 0 Å². The Balaban J connectivity index is 1.47. The lowest BCUT2D eigenvalue weighted by Gasteiger charge is -2.16. The molecule has 0 unspecified atom stereocenters. The van der Waals surface area contributed by atoms with E-state index in [1.807, 2.05) is 26.0 Å². The molecule has 1 amide bonds. The standard InChI is InChI=1S/C22H20ClFN4O2/c1-12-4-7-18-16(10-12)13(2)20(25-18)21-26-19(27-30-21)8-9-28(3)22(29)15-6-5-14(24)11-17(15)23/h4-7,10-11,25H,8-9H2,1-3H3. The number of benzene rings is 2. The third kappa shape index (κ3) is 3.80. The monoisotopic (exact) mass is 426 g/mol. The smallest absolute Gasteiger partial charge is 0.274 e. The molecule has 0 fully saturated rings. The largest absolute Gasteiger partial charge is 0.350 e. The number of likely N-dealkylation sites (N-methyl/N-ethyl adjacent to an activating group) is 1. The Morgan fingerprint density at radius 1 is 1.23 bits per heavy atom. The molecule has 6 nitrogen and oxygen atoms in total. The van der Waals surface area contributed by atoms with Crippen LogP contribution in [0, 0.1) is 19.7 Å². The average Bonchev–Trinajstić information content (AvgIpc) is 3.30. The topological polar surface area (TPSA) is 75.0 Å². The van der Waals surface area contributed by atoms with Crippen LogP contribution < -0.4 is 0 Å². The predicted molar refractivity (Wildman–Crippen MR) is 113 cm³/mol. The van der Waals surface area contributed by atoms with Gasteiger partial charge in [-0.1, -0.05) is 28.4 Å². The summed E-state index contributed by atoms with van der Waals surface area (Å²) in [5, 5.41) is 5.23. The van der Waals surface area contributed by atoms with Gasteiger partial charge in [-0.3, -0.25) is 4.79 Å². The Bertz CT molecular complexity index is 1250. The van der Waals surface area contributed by atoms with Crippen LogP contribution in [0.2, 0.25) is 5.02 Å². The van der Waals surface area contributed by atoms with Gasteiger partial charge in [-0.25, -0.2) is 4.39 Å². The first-order chi connectivity index (χ1) is 14.3. The summed E-state index contributed by atoms with van der Waals surface area (Å²) < 4.78 is 18.6. The zero-order valence-corrected chi connectivity index (χ0v) is 17.5. The van der Waals surface area contributed by atoms with Gasteiger partial charge in [0, 0.05) is 30.9 Å². The molecule has 2 heterocycles. The molecular formula is C22H20ClFN4O2. The van der Waals surface area contributed by atoms with Crippen LogP contribution in [0.15, 0.2) is 40.9 Å². The van der Waals surface area contributed by atoms with Crippen molar-refractivity contribution in [2.75, 3.05) is 13.6 Å². The molecule has 154 valence electrons. The minimum absolute atomic E-state index is 0.0817. The van der Waals surface area contributed by atoms with Crippen LogP contribution in [0.4, 0.5) is 4.39 Å². The number of halogens is 2. The molecular weight excluding hydrogens is 407 g/mol. The van der Waals surface area contributed by atoms with E-state index in [2.05, 4.69) is 21.2 Å². The molecule has 1 N–H and O–H groups in total. The highest BCUT2D eigenvalue weighted by atomic mass is 35.5. The molecule has 0 aliphatic carbocycles. The maximum absolute atomic E-state index is 13.2. The van der Waals surface area contributed by atoms with Crippen LogP contribution in [-0.4, -0.2) is 39.5 Å². The van der Waals surface area contributed by atoms with E-state index < -0.39 is 5.82 Å². The Morgan fingerprint density at radius 2 is 2.03 bits per heavy atom. The van der Waals surface area contributed by atoms with Crippen molar-refractivity contribution in [1.29, 1.82) is 0 Å². The average molecular weight is 427 g/mol. The van der Waals surface area contributed by atoms with E-state index in [9.17, 15) is 9.18 Å². The number of carbonyl (C=O) groups is 1. The number of H-pyrrole nitrogens is 1. The fourth-order valence-electron chi connectivity index (χ4n) is 3.35. The second-order valence-corrected chi connectivity index (χ2v) is 7.70. The molecule has 4 rings (SSSR count). The maximum atomic E-state index is 13.2. The minimum Gasteiger partial charge on any atom is -0.350 e. The van der Waals surface area contributed by atoms with Gasteiger partial charge in [0.1, 0.15) is 11.5 Å². The van der Waals surface area contributed by atoms with E-state index >= 15 is 0 Å². The summed E-state index contributed by atoms with van der Waals surface area (Å²) in [6.07, 6.45) is 0.406. The van der Waals surface area contributed by atoms with Crippen molar-refractivity contribution in [1.82, 2.24) is 20.0 Å². The van der Waals surface area contributed by atoms with Gasteiger partial charge in [-0.15, -0.1) is 0 Å². The Labute approximate surface area is 177 Å². The third-order valence-electron chi connectivity index (χ3n) is 5.07. The second-order valence-electron chi connectivity index (χ2n) is 7.29. The maximum Gasteiger partial charge on any atom is 0.274 e. The molecule has 2 aromatic heterocycles. The van der Waals surface area contributed by atoms with Crippen molar-refractivity contribution in [3.8, 4) is 11.6 Å². The Morgan fingerprint density at radius 3 is 2.80 bits per heavy atom. The number of aromatic amines is 1. The number of fused-ring (bicyclic) bond motifs is 1. The first-order valence-corrected chi connectivity index (χ1v) is 9.83. The number of nitrogens with zero attached hydrogens (tertiary/aromatic N) is 3. The van der Waals surface area contributed by atoms with Gasteiger partial charge in [0.25, 0.3) is 11.8 Å². The summed E-state index contributed by atoms with van der Waals surface area (Å²) in [5.74, 6) is 0.113. The van der Waals surface area contributed by atoms with Gasteiger partial charge in [0.2, 0.25) is 0 Å². The van der Waals surface area contributed by atoms with E-state index in [4.69, 9.17) is 16.1 Å². The molecule has 0 saturated heterocycles. The molecule has 8 heteroatoms. The summed E-state index contributed by atoms with van der Waals surface area (Å²) in [6.45, 7) is 4.42. The third-order valence-corrected chi connectivity index (χ3v) is 5.39. The lowest BCUT2D eigenvalue weighted by atomic mass is 10.1. The van der Waals surface area contributed by atoms with Crippen LogP contribution in [0.3, 0.4) is 0 Å². The lowest BCUT2D eigenvalue weighted by molar-refractivity contribution is 0.0796. The van der Waals surface area contributed by atoms with Gasteiger partial charge in [-0.2, -0.15) is 4.98 Å². The quantitative estimate of drug-likeness (QED) is 0.490. The number of hydrogen-bond donors (Lipinski definition) is 1. The predicted octanol–water partition coefficient (Wildman–Crippen LogP) is 4.94. The molecule has 0 bridgehead atoms. The SMILES string of the molecule is Cc1ccc2[nH]c(-c3nc(CCN(C)C(=O)c4ccc(F)cc4Cl)no3)c(C)c2c1. The number of carbonyl (C=O) groups excluding carboxylic acids is 1. The Hall–Kier alpha value is -3.19. The van der Waals surface area contributed by atoms with Crippen LogP contribution in [-0.2, 0) is 6.42 Å². The Kier molecular flexibility index (Phi) is 5.30. The van der Waals surface area contributed by atoms with Crippen molar-refractivity contribution >= 4 is 28.4 Å². The van der Waals surface area contributed by atoms with Crippen molar-refractivity contribution in [2.45, 2.75) is 20.3 Å². The van der Waals surface area contributed by atoms with Crippen LogP contribution >= 0.6 is 11.6 Å². The first-order valence-electron chi connectivity index (χ1n) is 9.46. The highest BCUT2D eigenvalue weighted by molar-refractivity contribution is 6.33. The summed E-state index contributed by atoms with van der Waals surface area (Å²) in [7, 11) is 1.65. The molecule has 0 saturated carbocycles. The highest BCUT2D eigenvalue weighted by Gasteiger charge is 2.19. The fourth-order valence-corrected chi connectivity index (χ4v) is 3.60. The normalized spacial score (nSPS) is 11.2. The molecule has 30 heavy (non-hydrogen) atoms. The van der Waals surface area contributed by atoms with E-state index in [0.717, 1.165) is 28.2 Å². The van der Waals surface area contributed by atoms with Gasteiger partial charge in [0.15, 0.2) is 5.82 Å². The summed E-state index contributed by atoms with van der Waals surface area (Å²) in [4.78, 5) is 21.8. The van der Waals surface area contributed by atoms with Crippen molar-refractivity contribution in [3.63, 3.8) is 0 Å². The summed E-state index contributed by atoms with van der Waals surface area (Å²) in [6, 6.07) is 9.90. The molecule has 0 aliphatic heterocycles. The van der Waals surface area contributed by atoms with E-state index in [1.165, 1.54) is 22.6 Å². The first kappa shape index (κ1) is 20.1. The summed E-state index contributed by atoms with van der Waals surface area (Å²) in [5.41, 5.74) is 4.27. The zero-order chi connectivity index (χ0) is 21.4. The van der Waals surface area contributed by atoms with Gasteiger partial charge in [0.05, 0.1) is 10.6 Å². The number of rotatable bonds is 5. The van der Waals surface area contributed by atoms with Crippen molar-refractivity contribution < 1.29 is 13.7 Å². The van der Waals surface area contributed by atoms with Gasteiger partial charge < -0.3 is 14.4 Å². The number of aromatic nitrogens is 3. The number of aryl methyl sites for hydroxylation is 2. The molecule has 0 atom stereocenters. The van der Waals surface area contributed by atoms with Gasteiger partial charge in [-0.05, 0) is 49.7 Å². The molecule has 0 radical (unpaired) electrons. The summed E-state index contributed by atoms with van der Waals surface area (Å²) >= 11 is 5.98. The highest BCUT2D eigenvalue weighted by Crippen LogP contribution is 2.29. The molecule has 0 aliphatic rings. The molecule has 4 aromatic rings. The minimum atomic E-state index is -0.485. The van der Waals surface area contributed by atoms with Crippen molar-refractivity contribution in [2.24, 2.45) is 0 Å².